The summed E-state index contributed by atoms with van der Waals surface area (Å²) in [5.41, 5.74) is 1.08. The van der Waals surface area contributed by atoms with Crippen molar-refractivity contribution in [2.45, 2.75) is 26.2 Å². The van der Waals surface area contributed by atoms with E-state index < -0.39 is 0 Å². The summed E-state index contributed by atoms with van der Waals surface area (Å²) in [6.45, 7) is 5.00. The largest absolute Gasteiger partial charge is 0.355 e. The zero-order chi connectivity index (χ0) is 16.1. The lowest BCUT2D eigenvalue weighted by atomic mass is 10.0. The van der Waals surface area contributed by atoms with Crippen LogP contribution in [-0.2, 0) is 6.42 Å². The van der Waals surface area contributed by atoms with Gasteiger partial charge in [0, 0.05) is 19.6 Å². The fraction of sp³-hybridized carbons (Fsp3) is 0.471. The maximum absolute atomic E-state index is 12.9. The highest BCUT2D eigenvalue weighted by Gasteiger charge is 2.18. The van der Waals surface area contributed by atoms with Crippen molar-refractivity contribution in [1.82, 2.24) is 15.2 Å². The molecule has 2 aromatic rings. The Labute approximate surface area is 136 Å². The van der Waals surface area contributed by atoms with Gasteiger partial charge in [-0.25, -0.2) is 4.39 Å². The Kier molecular flexibility index (Phi) is 5.00. The van der Waals surface area contributed by atoms with E-state index in [1.807, 2.05) is 0 Å². The van der Waals surface area contributed by atoms with Gasteiger partial charge < -0.3 is 10.2 Å². The summed E-state index contributed by atoms with van der Waals surface area (Å²) in [6, 6.07) is 6.54. The summed E-state index contributed by atoms with van der Waals surface area (Å²) in [6.07, 6.45) is 4.98. The molecule has 1 aromatic heterocycles. The number of benzene rings is 1. The Hall–Kier alpha value is -2.24. The molecule has 0 saturated carbocycles. The fourth-order valence-electron chi connectivity index (χ4n) is 2.89. The first-order chi connectivity index (χ1) is 11.2. The summed E-state index contributed by atoms with van der Waals surface area (Å²) in [5, 5.41) is 11.3. The first-order valence-electron chi connectivity index (χ1n) is 8.14. The van der Waals surface area contributed by atoms with Crippen LogP contribution in [0, 0.1) is 11.7 Å². The molecule has 6 heteroatoms. The van der Waals surface area contributed by atoms with Gasteiger partial charge >= 0.3 is 0 Å². The van der Waals surface area contributed by atoms with Crippen LogP contribution in [0.2, 0.25) is 0 Å². The van der Waals surface area contributed by atoms with Crippen molar-refractivity contribution in [3.8, 4) is 0 Å². The third-order valence-electron chi connectivity index (χ3n) is 4.14. The molecule has 0 aliphatic carbocycles. The number of hydrogen-bond donors (Lipinski definition) is 1. The Morgan fingerprint density at radius 2 is 2.13 bits per heavy atom. The van der Waals surface area contributed by atoms with E-state index in [1.54, 1.807) is 18.3 Å². The van der Waals surface area contributed by atoms with Gasteiger partial charge in [-0.2, -0.15) is 10.1 Å². The first kappa shape index (κ1) is 15.6. The van der Waals surface area contributed by atoms with E-state index in [4.69, 9.17) is 0 Å². The molecule has 1 N–H and O–H groups in total. The lowest BCUT2D eigenvalue weighted by Crippen LogP contribution is -2.35. The van der Waals surface area contributed by atoms with Gasteiger partial charge in [-0.15, -0.1) is 5.10 Å². The van der Waals surface area contributed by atoms with Crippen LogP contribution in [0.15, 0.2) is 30.5 Å². The van der Waals surface area contributed by atoms with Crippen LogP contribution in [0.25, 0.3) is 0 Å². The highest BCUT2D eigenvalue weighted by Crippen LogP contribution is 2.20. The van der Waals surface area contributed by atoms with Crippen LogP contribution < -0.4 is 10.2 Å². The molecule has 1 atom stereocenters. The molecule has 1 aromatic carbocycles. The van der Waals surface area contributed by atoms with E-state index in [9.17, 15) is 4.39 Å². The summed E-state index contributed by atoms with van der Waals surface area (Å²) in [5.74, 6) is 1.91. The zero-order valence-corrected chi connectivity index (χ0v) is 13.4. The predicted molar refractivity (Wildman–Crippen MR) is 89.0 cm³/mol. The van der Waals surface area contributed by atoms with Crippen LogP contribution in [-0.4, -0.2) is 34.8 Å². The lowest BCUT2D eigenvalue weighted by molar-refractivity contribution is 0.444. The second kappa shape index (κ2) is 7.35. The minimum Gasteiger partial charge on any atom is -0.355 e. The van der Waals surface area contributed by atoms with Gasteiger partial charge in [0.15, 0.2) is 5.82 Å². The maximum Gasteiger partial charge on any atom is 0.244 e. The molecule has 0 radical (unpaired) electrons. The van der Waals surface area contributed by atoms with Gasteiger partial charge in [0.2, 0.25) is 5.95 Å². The van der Waals surface area contributed by atoms with E-state index >= 15 is 0 Å². The summed E-state index contributed by atoms with van der Waals surface area (Å²) >= 11 is 0. The molecule has 122 valence electrons. The molecule has 0 spiro atoms. The van der Waals surface area contributed by atoms with Gasteiger partial charge in [-0.05, 0) is 42.9 Å². The average molecular weight is 315 g/mol. The molecule has 1 aliphatic heterocycles. The molecule has 3 rings (SSSR count). The normalized spacial score (nSPS) is 18.0. The molecule has 1 unspecified atom stereocenters. The quantitative estimate of drug-likeness (QED) is 0.919. The lowest BCUT2D eigenvalue weighted by Gasteiger charge is -2.31. The standard InChI is InChI=1S/C17H22FN5/c1-13-3-2-10-23(12-13)16-11-20-22-17(21-16)19-9-8-14-4-6-15(18)7-5-14/h4-7,11,13H,2-3,8-10,12H2,1H3,(H,19,21,22). The monoisotopic (exact) mass is 315 g/mol. The van der Waals surface area contributed by atoms with E-state index in [0.717, 1.165) is 30.9 Å². The van der Waals surface area contributed by atoms with E-state index in [-0.39, 0.29) is 5.82 Å². The number of anilines is 2. The van der Waals surface area contributed by atoms with Gasteiger partial charge in [-0.3, -0.25) is 0 Å². The third-order valence-corrected chi connectivity index (χ3v) is 4.14. The van der Waals surface area contributed by atoms with Crippen molar-refractivity contribution in [2.75, 3.05) is 29.9 Å². The first-order valence-corrected chi connectivity index (χ1v) is 8.14. The molecule has 1 saturated heterocycles. The number of piperidine rings is 1. The van der Waals surface area contributed by atoms with Crippen LogP contribution in [0.3, 0.4) is 0 Å². The highest BCUT2D eigenvalue weighted by atomic mass is 19.1. The third kappa shape index (κ3) is 4.37. The van der Waals surface area contributed by atoms with Crippen LogP contribution in [0.1, 0.15) is 25.3 Å². The Morgan fingerprint density at radius 3 is 2.91 bits per heavy atom. The number of halogens is 1. The molecule has 1 fully saturated rings. The van der Waals surface area contributed by atoms with E-state index in [0.29, 0.717) is 18.4 Å². The molecule has 2 heterocycles. The molecule has 1 aliphatic rings. The SMILES string of the molecule is CC1CCCN(c2cnnc(NCCc3ccc(F)cc3)n2)C1. The summed E-state index contributed by atoms with van der Waals surface area (Å²) < 4.78 is 12.9. The predicted octanol–water partition coefficient (Wildman–Crippen LogP) is 2.90. The fourth-order valence-corrected chi connectivity index (χ4v) is 2.89. The molecule has 0 bridgehead atoms. The minimum absolute atomic E-state index is 0.210. The van der Waals surface area contributed by atoms with Gasteiger partial charge in [-0.1, -0.05) is 19.1 Å². The number of aromatic nitrogens is 3. The van der Waals surface area contributed by atoms with Crippen molar-refractivity contribution >= 4 is 11.8 Å². The van der Waals surface area contributed by atoms with Gasteiger partial charge in [0.25, 0.3) is 0 Å². The van der Waals surface area contributed by atoms with Gasteiger partial charge in [0.05, 0.1) is 6.20 Å². The van der Waals surface area contributed by atoms with E-state index in [2.05, 4.69) is 32.3 Å². The highest BCUT2D eigenvalue weighted by molar-refractivity contribution is 5.40. The number of nitrogens with zero attached hydrogens (tertiary/aromatic N) is 4. The van der Waals surface area contributed by atoms with Crippen molar-refractivity contribution < 1.29 is 4.39 Å². The Balaban J connectivity index is 1.56. The van der Waals surface area contributed by atoms with Crippen LogP contribution in [0.5, 0.6) is 0 Å². The smallest absolute Gasteiger partial charge is 0.244 e. The van der Waals surface area contributed by atoms with Crippen molar-refractivity contribution in [3.63, 3.8) is 0 Å². The second-order valence-electron chi connectivity index (χ2n) is 6.13. The van der Waals surface area contributed by atoms with Crippen molar-refractivity contribution in [1.29, 1.82) is 0 Å². The minimum atomic E-state index is -0.210. The number of nitrogens with one attached hydrogen (secondary N) is 1. The average Bonchev–Trinajstić information content (AvgIpc) is 2.57. The molecule has 0 amide bonds. The van der Waals surface area contributed by atoms with E-state index in [1.165, 1.54) is 25.0 Å². The Morgan fingerprint density at radius 1 is 1.30 bits per heavy atom. The van der Waals surface area contributed by atoms with Crippen molar-refractivity contribution in [3.05, 3.63) is 41.8 Å². The summed E-state index contributed by atoms with van der Waals surface area (Å²) in [7, 11) is 0. The Bertz CT molecular complexity index is 631. The van der Waals surface area contributed by atoms with Gasteiger partial charge in [0.1, 0.15) is 5.82 Å². The van der Waals surface area contributed by atoms with Crippen LogP contribution in [0.4, 0.5) is 16.2 Å². The zero-order valence-electron chi connectivity index (χ0n) is 13.4. The van der Waals surface area contributed by atoms with Crippen molar-refractivity contribution in [2.24, 2.45) is 5.92 Å². The number of hydrogen-bond acceptors (Lipinski definition) is 5. The number of rotatable bonds is 5. The maximum atomic E-state index is 12.9. The summed E-state index contributed by atoms with van der Waals surface area (Å²) in [4.78, 5) is 6.83. The molecular formula is C17H22FN5. The topological polar surface area (TPSA) is 53.9 Å². The molecule has 5 nitrogen and oxygen atoms in total. The van der Waals surface area contributed by atoms with Crippen LogP contribution >= 0.6 is 0 Å². The molecule has 23 heavy (non-hydrogen) atoms. The second-order valence-corrected chi connectivity index (χ2v) is 6.13. The molecular weight excluding hydrogens is 293 g/mol.